The lowest BCUT2D eigenvalue weighted by Gasteiger charge is -2.12. The number of benzene rings is 2. The Balaban J connectivity index is 1.93. The van der Waals surface area contributed by atoms with E-state index >= 15 is 0 Å². The number of ether oxygens (including phenoxy) is 2. The summed E-state index contributed by atoms with van der Waals surface area (Å²) < 4.78 is 11.3. The molecule has 0 spiro atoms. The van der Waals surface area contributed by atoms with Gasteiger partial charge in [0.05, 0.1) is 18.3 Å². The lowest BCUT2D eigenvalue weighted by molar-refractivity contribution is -0.135. The number of rotatable bonds is 8. The van der Waals surface area contributed by atoms with E-state index in [1.54, 1.807) is 24.3 Å². The van der Waals surface area contributed by atoms with Gasteiger partial charge >= 0.3 is 0 Å². The molecular formula is C23H26N2O4. The first kappa shape index (κ1) is 20.5. The zero-order chi connectivity index (χ0) is 21.0. The molecule has 152 valence electrons. The second kappa shape index (κ2) is 8.82. The zero-order valence-electron chi connectivity index (χ0n) is 17.2. The number of likely N-dealkylation sites (N-methyl/N-ethyl adjacent to an activating group) is 1. The summed E-state index contributed by atoms with van der Waals surface area (Å²) in [6.07, 6.45) is 0.960. The van der Waals surface area contributed by atoms with Crippen molar-refractivity contribution in [3.05, 3.63) is 59.8 Å². The van der Waals surface area contributed by atoms with E-state index in [1.165, 1.54) is 7.05 Å². The normalized spacial score (nSPS) is 14.0. The van der Waals surface area contributed by atoms with Gasteiger partial charge in [-0.15, -0.1) is 0 Å². The second-order valence-corrected chi connectivity index (χ2v) is 7.11. The molecule has 0 aromatic heterocycles. The third kappa shape index (κ3) is 4.59. The Hall–Kier alpha value is -3.28. The fraction of sp³-hybridized carbons (Fsp3) is 0.304. The molecule has 6 nitrogen and oxygen atoms in total. The van der Waals surface area contributed by atoms with Gasteiger partial charge in [-0.1, -0.05) is 25.1 Å². The lowest BCUT2D eigenvalue weighted by Crippen LogP contribution is -2.27. The molecule has 0 atom stereocenters. The fourth-order valence-electron chi connectivity index (χ4n) is 3.03. The van der Waals surface area contributed by atoms with Gasteiger partial charge in [0.15, 0.2) is 0 Å². The van der Waals surface area contributed by atoms with Crippen LogP contribution in [0, 0.1) is 0 Å². The molecule has 1 aliphatic heterocycles. The van der Waals surface area contributed by atoms with Gasteiger partial charge in [0.2, 0.25) is 0 Å². The summed E-state index contributed by atoms with van der Waals surface area (Å²) in [5.41, 5.74) is 1.93. The van der Waals surface area contributed by atoms with Crippen molar-refractivity contribution in [2.45, 2.75) is 33.3 Å². The Bertz CT molecular complexity index is 932. The standard InChI is InChI=1S/C23H26N2O4/c1-5-13-28-19-8-6-7-17(14-19)24-21-20(22(26)25(4)23(21)27)16-9-11-18(12-10-16)29-15(2)3/h6-12,14-15,24H,5,13H2,1-4H3. The summed E-state index contributed by atoms with van der Waals surface area (Å²) in [4.78, 5) is 26.6. The average Bonchev–Trinajstić information content (AvgIpc) is 2.91. The second-order valence-electron chi connectivity index (χ2n) is 7.11. The van der Waals surface area contributed by atoms with Crippen molar-refractivity contribution >= 4 is 23.1 Å². The van der Waals surface area contributed by atoms with E-state index in [1.807, 2.05) is 45.0 Å². The maximum absolute atomic E-state index is 12.7. The smallest absolute Gasteiger partial charge is 0.277 e. The molecule has 29 heavy (non-hydrogen) atoms. The van der Waals surface area contributed by atoms with Crippen molar-refractivity contribution in [1.82, 2.24) is 4.90 Å². The molecule has 6 heteroatoms. The number of carbonyl (C=O) groups is 2. The van der Waals surface area contributed by atoms with Crippen molar-refractivity contribution in [3.8, 4) is 11.5 Å². The molecule has 0 radical (unpaired) electrons. The molecule has 0 unspecified atom stereocenters. The zero-order valence-corrected chi connectivity index (χ0v) is 17.2. The summed E-state index contributed by atoms with van der Waals surface area (Å²) in [6.45, 7) is 6.55. The van der Waals surface area contributed by atoms with Gasteiger partial charge < -0.3 is 14.8 Å². The first-order valence-corrected chi connectivity index (χ1v) is 9.74. The largest absolute Gasteiger partial charge is 0.494 e. The maximum atomic E-state index is 12.7. The van der Waals surface area contributed by atoms with E-state index in [9.17, 15) is 9.59 Å². The number of nitrogens with zero attached hydrogens (tertiary/aromatic N) is 1. The number of amides is 2. The van der Waals surface area contributed by atoms with Crippen LogP contribution in [0.3, 0.4) is 0 Å². The van der Waals surface area contributed by atoms with Crippen LogP contribution in [0.5, 0.6) is 11.5 Å². The molecular weight excluding hydrogens is 368 g/mol. The van der Waals surface area contributed by atoms with Crippen LogP contribution in [0.4, 0.5) is 5.69 Å². The molecule has 2 aromatic rings. The SMILES string of the molecule is CCCOc1cccc(NC2=C(c3ccc(OC(C)C)cc3)C(=O)N(C)C2=O)c1. The van der Waals surface area contributed by atoms with Crippen molar-refractivity contribution in [2.24, 2.45) is 0 Å². The van der Waals surface area contributed by atoms with Crippen molar-refractivity contribution in [2.75, 3.05) is 19.0 Å². The molecule has 0 saturated heterocycles. The molecule has 2 aromatic carbocycles. The van der Waals surface area contributed by atoms with E-state index in [0.717, 1.165) is 11.3 Å². The van der Waals surface area contributed by atoms with Gasteiger partial charge in [0.1, 0.15) is 17.2 Å². The quantitative estimate of drug-likeness (QED) is 0.683. The summed E-state index contributed by atoms with van der Waals surface area (Å²) >= 11 is 0. The molecule has 0 aliphatic carbocycles. The van der Waals surface area contributed by atoms with Crippen molar-refractivity contribution in [3.63, 3.8) is 0 Å². The van der Waals surface area contributed by atoms with Gasteiger partial charge in [-0.25, -0.2) is 0 Å². The number of carbonyl (C=O) groups excluding carboxylic acids is 2. The minimum absolute atomic E-state index is 0.0559. The van der Waals surface area contributed by atoms with Gasteiger partial charge in [0, 0.05) is 18.8 Å². The van der Waals surface area contributed by atoms with Crippen LogP contribution in [0.25, 0.3) is 5.57 Å². The minimum Gasteiger partial charge on any atom is -0.494 e. The van der Waals surface area contributed by atoms with Crippen LogP contribution in [-0.2, 0) is 9.59 Å². The van der Waals surface area contributed by atoms with Gasteiger partial charge in [0.25, 0.3) is 11.8 Å². The molecule has 0 bridgehead atoms. The fourth-order valence-corrected chi connectivity index (χ4v) is 3.03. The van der Waals surface area contributed by atoms with Crippen LogP contribution in [0.2, 0.25) is 0 Å². The minimum atomic E-state index is -0.368. The molecule has 1 heterocycles. The predicted octanol–water partition coefficient (Wildman–Crippen LogP) is 4.08. The van der Waals surface area contributed by atoms with E-state index in [-0.39, 0.29) is 23.6 Å². The molecule has 1 N–H and O–H groups in total. The van der Waals surface area contributed by atoms with E-state index in [0.29, 0.717) is 34.9 Å². The van der Waals surface area contributed by atoms with E-state index < -0.39 is 0 Å². The van der Waals surface area contributed by atoms with E-state index in [2.05, 4.69) is 5.32 Å². The Morgan fingerprint density at radius 2 is 1.72 bits per heavy atom. The predicted molar refractivity (Wildman–Crippen MR) is 113 cm³/mol. The number of imide groups is 1. The third-order valence-corrected chi connectivity index (χ3v) is 4.38. The Morgan fingerprint density at radius 3 is 2.38 bits per heavy atom. The highest BCUT2D eigenvalue weighted by atomic mass is 16.5. The molecule has 0 fully saturated rings. The Morgan fingerprint density at radius 1 is 1.00 bits per heavy atom. The first-order valence-electron chi connectivity index (χ1n) is 9.74. The number of anilines is 1. The highest BCUT2D eigenvalue weighted by molar-refractivity contribution is 6.36. The molecule has 1 aliphatic rings. The van der Waals surface area contributed by atoms with Gasteiger partial charge in [-0.2, -0.15) is 0 Å². The summed E-state index contributed by atoms with van der Waals surface area (Å²) in [7, 11) is 1.48. The Kier molecular flexibility index (Phi) is 6.22. The average molecular weight is 394 g/mol. The lowest BCUT2D eigenvalue weighted by atomic mass is 10.0. The topological polar surface area (TPSA) is 67.9 Å². The number of nitrogens with one attached hydrogen (secondary N) is 1. The Labute approximate surface area is 171 Å². The molecule has 0 saturated carbocycles. The van der Waals surface area contributed by atoms with Crippen LogP contribution >= 0.6 is 0 Å². The first-order chi connectivity index (χ1) is 13.9. The maximum Gasteiger partial charge on any atom is 0.277 e. The summed E-state index contributed by atoms with van der Waals surface area (Å²) in [5, 5.41) is 3.12. The number of hydrogen-bond acceptors (Lipinski definition) is 5. The van der Waals surface area contributed by atoms with Crippen molar-refractivity contribution < 1.29 is 19.1 Å². The molecule has 2 amide bonds. The van der Waals surface area contributed by atoms with Crippen LogP contribution < -0.4 is 14.8 Å². The van der Waals surface area contributed by atoms with Crippen LogP contribution in [-0.4, -0.2) is 36.5 Å². The summed E-state index contributed by atoms with van der Waals surface area (Å²) in [5.74, 6) is 0.713. The third-order valence-electron chi connectivity index (χ3n) is 4.38. The highest BCUT2D eigenvalue weighted by Gasteiger charge is 2.36. The van der Waals surface area contributed by atoms with E-state index in [4.69, 9.17) is 9.47 Å². The van der Waals surface area contributed by atoms with Crippen molar-refractivity contribution in [1.29, 1.82) is 0 Å². The van der Waals surface area contributed by atoms with Crippen LogP contribution in [0.15, 0.2) is 54.2 Å². The van der Waals surface area contributed by atoms with Gasteiger partial charge in [-0.05, 0) is 50.1 Å². The van der Waals surface area contributed by atoms with Gasteiger partial charge in [-0.3, -0.25) is 14.5 Å². The summed E-state index contributed by atoms with van der Waals surface area (Å²) in [6, 6.07) is 14.5. The monoisotopic (exact) mass is 394 g/mol. The molecule has 3 rings (SSSR count). The highest BCUT2D eigenvalue weighted by Crippen LogP contribution is 2.31. The number of hydrogen-bond donors (Lipinski definition) is 1. The van der Waals surface area contributed by atoms with Crippen LogP contribution in [0.1, 0.15) is 32.8 Å².